The number of aromatic nitrogens is 1. The maximum absolute atomic E-state index is 2.59. The molecule has 314 valence electrons. The second-order valence-electron chi connectivity index (χ2n) is 20.8. The van der Waals surface area contributed by atoms with E-state index in [1.165, 1.54) is 138 Å². The zero-order valence-electron chi connectivity index (χ0n) is 38.3. The van der Waals surface area contributed by atoms with Crippen LogP contribution in [0.5, 0.6) is 0 Å². The lowest BCUT2D eigenvalue weighted by molar-refractivity contribution is 0.660. The van der Waals surface area contributed by atoms with Crippen LogP contribution in [0.2, 0.25) is 0 Å². The Balaban J connectivity index is 1.14. The van der Waals surface area contributed by atoms with Crippen LogP contribution in [0.3, 0.4) is 0 Å². The number of hydrogen-bond acceptors (Lipinski definition) is 0. The largest absolute Gasteiger partial charge is 0.309 e. The van der Waals surface area contributed by atoms with E-state index in [2.05, 4.69) is 234 Å². The summed E-state index contributed by atoms with van der Waals surface area (Å²) < 4.78 is 2.48. The lowest BCUT2D eigenvalue weighted by Gasteiger charge is -2.26. The van der Waals surface area contributed by atoms with Gasteiger partial charge in [-0.1, -0.05) is 181 Å². The van der Waals surface area contributed by atoms with E-state index >= 15 is 0 Å². The molecular weight excluding hydrogens is 795 g/mol. The predicted octanol–water partition coefficient (Wildman–Crippen LogP) is 17.3. The Bertz CT molecular complexity index is 3910. The molecule has 0 aliphatic heterocycles. The molecule has 10 aromatic carbocycles. The van der Waals surface area contributed by atoms with Crippen molar-refractivity contribution < 1.29 is 0 Å². The Morgan fingerprint density at radius 3 is 1.20 bits per heavy atom. The minimum absolute atomic E-state index is 0.129. The molecule has 0 atom stereocenters. The van der Waals surface area contributed by atoms with E-state index in [0.29, 0.717) is 0 Å². The number of para-hydroxylation sites is 2. The molecule has 1 heterocycles. The molecule has 11 aromatic rings. The summed E-state index contributed by atoms with van der Waals surface area (Å²) in [7, 11) is 0. The molecule has 1 nitrogen and oxygen atoms in total. The standard InChI is InChI=1S/C65H49N/c1-63(2)53-22-12-7-17-41(53)44-30-27-38(33-56(44)63)61-48-32-29-40(66-59-25-15-10-20-46(59)47-21-11-16-26-60(47)66)35-50(48)62(39-28-31-45-42-18-8-13-23-54(42)64(3,4)57(45)34-39)52-37-58-49(36-51(52)61)43-19-9-14-24-55(43)65(58,5)6/h7-37H,1-6H3. The van der Waals surface area contributed by atoms with Crippen molar-refractivity contribution in [2.75, 3.05) is 0 Å². The predicted molar refractivity (Wildman–Crippen MR) is 279 cm³/mol. The maximum Gasteiger partial charge on any atom is 0.0541 e. The van der Waals surface area contributed by atoms with Crippen molar-refractivity contribution in [2.45, 2.75) is 57.8 Å². The molecule has 0 unspecified atom stereocenters. The Labute approximate surface area is 386 Å². The smallest absolute Gasteiger partial charge is 0.0541 e. The van der Waals surface area contributed by atoms with E-state index in [1.54, 1.807) is 0 Å². The van der Waals surface area contributed by atoms with E-state index in [9.17, 15) is 0 Å². The second-order valence-corrected chi connectivity index (χ2v) is 20.8. The van der Waals surface area contributed by atoms with Gasteiger partial charge in [0.1, 0.15) is 0 Å². The molecule has 3 aliphatic rings. The first-order valence-corrected chi connectivity index (χ1v) is 23.7. The summed E-state index contributed by atoms with van der Waals surface area (Å²) in [6.07, 6.45) is 0. The zero-order valence-corrected chi connectivity index (χ0v) is 38.3. The van der Waals surface area contributed by atoms with Crippen molar-refractivity contribution in [3.63, 3.8) is 0 Å². The fourth-order valence-corrected chi connectivity index (χ4v) is 13.1. The van der Waals surface area contributed by atoms with Crippen LogP contribution in [0.1, 0.15) is 74.9 Å². The molecule has 1 heteroatoms. The number of nitrogens with zero attached hydrogens (tertiary/aromatic N) is 1. The van der Waals surface area contributed by atoms with Crippen LogP contribution in [-0.4, -0.2) is 4.57 Å². The molecule has 14 rings (SSSR count). The molecule has 0 saturated heterocycles. The Hall–Kier alpha value is -7.48. The fourth-order valence-electron chi connectivity index (χ4n) is 13.1. The summed E-state index contributed by atoms with van der Waals surface area (Å²) >= 11 is 0. The van der Waals surface area contributed by atoms with E-state index in [-0.39, 0.29) is 16.2 Å². The molecule has 0 radical (unpaired) electrons. The number of fused-ring (bicyclic) bond motifs is 14. The van der Waals surface area contributed by atoms with Crippen molar-refractivity contribution >= 4 is 43.4 Å². The van der Waals surface area contributed by atoms with E-state index in [4.69, 9.17) is 0 Å². The van der Waals surface area contributed by atoms with Crippen LogP contribution in [0.4, 0.5) is 0 Å². The summed E-state index contributed by atoms with van der Waals surface area (Å²) in [6.45, 7) is 14.4. The summed E-state index contributed by atoms with van der Waals surface area (Å²) in [6, 6.07) is 72.1. The molecule has 0 amide bonds. The van der Waals surface area contributed by atoms with Crippen LogP contribution in [0.15, 0.2) is 188 Å². The van der Waals surface area contributed by atoms with Crippen LogP contribution >= 0.6 is 0 Å². The van der Waals surface area contributed by atoms with Gasteiger partial charge in [-0.05, 0) is 159 Å². The van der Waals surface area contributed by atoms with Gasteiger partial charge in [0, 0.05) is 32.7 Å². The third-order valence-electron chi connectivity index (χ3n) is 16.4. The minimum atomic E-state index is -0.164. The van der Waals surface area contributed by atoms with Gasteiger partial charge in [-0.2, -0.15) is 0 Å². The molecular formula is C65H49N. The van der Waals surface area contributed by atoms with E-state index < -0.39 is 0 Å². The third kappa shape index (κ3) is 4.80. The third-order valence-corrected chi connectivity index (χ3v) is 16.4. The maximum atomic E-state index is 2.59. The normalized spacial score (nSPS) is 15.5. The van der Waals surface area contributed by atoms with Gasteiger partial charge >= 0.3 is 0 Å². The molecule has 0 saturated carbocycles. The zero-order chi connectivity index (χ0) is 44.4. The van der Waals surface area contributed by atoms with E-state index in [1.807, 2.05) is 0 Å². The average Bonchev–Trinajstić information content (AvgIpc) is 3.96. The van der Waals surface area contributed by atoms with Crippen molar-refractivity contribution in [1.29, 1.82) is 0 Å². The molecule has 0 fully saturated rings. The molecule has 0 N–H and O–H groups in total. The summed E-state index contributed by atoms with van der Waals surface area (Å²) in [5.41, 5.74) is 24.7. The van der Waals surface area contributed by atoms with E-state index in [0.717, 1.165) is 0 Å². The van der Waals surface area contributed by atoms with Gasteiger partial charge in [0.05, 0.1) is 11.0 Å². The van der Waals surface area contributed by atoms with Gasteiger partial charge in [0.2, 0.25) is 0 Å². The van der Waals surface area contributed by atoms with Crippen molar-refractivity contribution in [3.8, 4) is 61.3 Å². The SMILES string of the molecule is CC1(C)c2ccccc2-c2ccc(-c3c4ccc(-n5c6ccccc6c6ccccc65)cc4c(-c4ccc5c(c4)C(C)(C)c4ccccc4-5)c4cc5c(cc34)-c3ccccc3C5(C)C)cc21. The quantitative estimate of drug-likeness (QED) is 0.156. The molecule has 0 bridgehead atoms. The highest BCUT2D eigenvalue weighted by molar-refractivity contribution is 6.23. The first kappa shape index (κ1) is 37.9. The Morgan fingerprint density at radius 1 is 0.273 bits per heavy atom. The van der Waals surface area contributed by atoms with Crippen LogP contribution < -0.4 is 0 Å². The monoisotopic (exact) mass is 843 g/mol. The number of rotatable bonds is 3. The van der Waals surface area contributed by atoms with Crippen LogP contribution in [-0.2, 0) is 16.2 Å². The van der Waals surface area contributed by atoms with Crippen molar-refractivity contribution in [3.05, 3.63) is 221 Å². The first-order chi connectivity index (χ1) is 32.0. The topological polar surface area (TPSA) is 4.93 Å². The highest BCUT2D eigenvalue weighted by atomic mass is 15.0. The lowest BCUT2D eigenvalue weighted by atomic mass is 9.78. The highest BCUT2D eigenvalue weighted by Crippen LogP contribution is 2.56. The molecule has 1 aromatic heterocycles. The van der Waals surface area contributed by atoms with Crippen molar-refractivity contribution in [2.24, 2.45) is 0 Å². The Morgan fingerprint density at radius 2 is 0.667 bits per heavy atom. The molecule has 66 heavy (non-hydrogen) atoms. The number of hydrogen-bond donors (Lipinski definition) is 0. The van der Waals surface area contributed by atoms with Crippen LogP contribution in [0.25, 0.3) is 105 Å². The fraction of sp³-hybridized carbons (Fsp3) is 0.138. The lowest BCUT2D eigenvalue weighted by Crippen LogP contribution is -2.15. The van der Waals surface area contributed by atoms with Crippen LogP contribution in [0, 0.1) is 0 Å². The van der Waals surface area contributed by atoms with Gasteiger partial charge in [0.25, 0.3) is 0 Å². The van der Waals surface area contributed by atoms with Gasteiger partial charge in [-0.15, -0.1) is 0 Å². The summed E-state index contributed by atoms with van der Waals surface area (Å²) in [4.78, 5) is 0. The highest BCUT2D eigenvalue weighted by Gasteiger charge is 2.39. The molecule has 0 spiro atoms. The van der Waals surface area contributed by atoms with Gasteiger partial charge in [-0.25, -0.2) is 0 Å². The summed E-state index contributed by atoms with van der Waals surface area (Å²) in [5.74, 6) is 0. The number of benzene rings is 10. The van der Waals surface area contributed by atoms with Gasteiger partial charge in [0.15, 0.2) is 0 Å². The van der Waals surface area contributed by atoms with Gasteiger partial charge < -0.3 is 4.57 Å². The molecule has 3 aliphatic carbocycles. The Kier molecular flexibility index (Phi) is 7.38. The minimum Gasteiger partial charge on any atom is -0.309 e. The average molecular weight is 844 g/mol. The summed E-state index contributed by atoms with van der Waals surface area (Å²) in [5, 5.41) is 7.67. The van der Waals surface area contributed by atoms with Gasteiger partial charge in [-0.3, -0.25) is 0 Å². The second kappa shape index (κ2) is 12.9. The van der Waals surface area contributed by atoms with Crippen molar-refractivity contribution in [1.82, 2.24) is 4.57 Å². The first-order valence-electron chi connectivity index (χ1n) is 23.7.